The molecule has 7 rings (SSSR count). The number of aromatic nitrogens is 8. The first-order chi connectivity index (χ1) is 20.9. The lowest BCUT2D eigenvalue weighted by atomic mass is 10.1. The van der Waals surface area contributed by atoms with Gasteiger partial charge < -0.3 is 66.4 Å². The molecule has 3 fully saturated rings. The Morgan fingerprint density at radius 1 is 0.841 bits per heavy atom. The number of nitrogens with two attached hydrogens (primary N) is 2. The number of aliphatic hydroxyl groups excluding tert-OH is 2. The zero-order chi connectivity index (χ0) is 31.0. The van der Waals surface area contributed by atoms with Crippen molar-refractivity contribution in [3.8, 4) is 0 Å². The maximum Gasteiger partial charge on any atom is 0.200 e. The molecule has 4 aromatic rings. The lowest BCUT2D eigenvalue weighted by Crippen LogP contribution is -2.40. The molecular formula is C20H22N10O10P2S2-2. The smallest absolute Gasteiger partial charge is 0.200 e. The number of imidazole rings is 2. The first kappa shape index (κ1) is 30.2. The molecule has 0 spiro atoms. The van der Waals surface area contributed by atoms with Crippen molar-refractivity contribution < 1.29 is 47.2 Å². The molecule has 5 unspecified atom stereocenters. The topological polar surface area (TPSA) is 275 Å². The summed E-state index contributed by atoms with van der Waals surface area (Å²) >= 11 is 10.2. The molecule has 44 heavy (non-hydrogen) atoms. The summed E-state index contributed by atoms with van der Waals surface area (Å²) in [6, 6.07) is 0. The van der Waals surface area contributed by atoms with Crippen molar-refractivity contribution in [1.29, 1.82) is 0 Å². The van der Waals surface area contributed by atoms with Gasteiger partial charge in [-0.2, -0.15) is 0 Å². The normalized spacial score (nSPS) is 38.3. The summed E-state index contributed by atoms with van der Waals surface area (Å²) in [6.07, 6.45) is -5.78. The summed E-state index contributed by atoms with van der Waals surface area (Å²) in [5, 5.41) is 22.4. The monoisotopic (exact) mass is 688 g/mol. The fourth-order valence-corrected chi connectivity index (χ4v) is 8.09. The van der Waals surface area contributed by atoms with Crippen LogP contribution in [0.2, 0.25) is 0 Å². The zero-order valence-corrected chi connectivity index (χ0v) is 25.4. The molecule has 3 aliphatic rings. The molecule has 0 aromatic carbocycles. The van der Waals surface area contributed by atoms with E-state index < -0.39 is 75.8 Å². The highest BCUT2D eigenvalue weighted by Crippen LogP contribution is 2.53. The summed E-state index contributed by atoms with van der Waals surface area (Å²) in [6.45, 7) is -9.91. The second-order valence-corrected chi connectivity index (χ2v) is 15.3. The van der Waals surface area contributed by atoms with Gasteiger partial charge in [-0.3, -0.25) is 13.7 Å². The highest BCUT2D eigenvalue weighted by molar-refractivity contribution is 8.32. The Balaban J connectivity index is 1.17. The molecule has 0 aliphatic carbocycles. The number of hydrogen-bond acceptors (Lipinski definition) is 20. The molecule has 6 N–H and O–H groups in total. The number of rotatable bonds is 2. The van der Waals surface area contributed by atoms with Gasteiger partial charge in [0.2, 0.25) is 0 Å². The molecule has 0 saturated carbocycles. The van der Waals surface area contributed by atoms with E-state index >= 15 is 0 Å². The molecule has 7 heterocycles. The fourth-order valence-electron chi connectivity index (χ4n) is 5.23. The molecule has 0 radical (unpaired) electrons. The minimum atomic E-state index is -4.38. The molecule has 3 aliphatic heterocycles. The van der Waals surface area contributed by atoms with E-state index in [1.807, 2.05) is 0 Å². The lowest BCUT2D eigenvalue weighted by molar-refractivity contribution is -0.218. The summed E-state index contributed by atoms with van der Waals surface area (Å²) < 4.78 is 50.1. The molecule has 10 atom stereocenters. The van der Waals surface area contributed by atoms with Gasteiger partial charge in [0, 0.05) is 0 Å². The number of fused-ring (bicyclic) bond motifs is 4. The van der Waals surface area contributed by atoms with Crippen LogP contribution in [0.25, 0.3) is 22.3 Å². The van der Waals surface area contributed by atoms with Gasteiger partial charge in [0.05, 0.1) is 25.9 Å². The lowest BCUT2D eigenvalue weighted by Gasteiger charge is -2.37. The van der Waals surface area contributed by atoms with E-state index in [0.29, 0.717) is 0 Å². The van der Waals surface area contributed by atoms with Crippen LogP contribution in [0.5, 0.6) is 0 Å². The highest BCUT2D eigenvalue weighted by atomic mass is 32.7. The van der Waals surface area contributed by atoms with Crippen molar-refractivity contribution in [2.24, 2.45) is 0 Å². The van der Waals surface area contributed by atoms with E-state index in [-0.39, 0.29) is 34.0 Å². The minimum absolute atomic E-state index is 0.0933. The van der Waals surface area contributed by atoms with Crippen molar-refractivity contribution in [2.75, 3.05) is 24.7 Å². The fraction of sp³-hybridized carbons (Fsp3) is 0.500. The van der Waals surface area contributed by atoms with E-state index in [0.717, 1.165) is 0 Å². The minimum Gasteiger partial charge on any atom is -0.780 e. The van der Waals surface area contributed by atoms with Crippen molar-refractivity contribution in [2.45, 2.75) is 49.1 Å². The van der Waals surface area contributed by atoms with Crippen LogP contribution < -0.4 is 16.4 Å². The van der Waals surface area contributed by atoms with E-state index in [1.54, 1.807) is 0 Å². The number of ether oxygens (including phenoxy) is 2. The maximum atomic E-state index is 13.4. The van der Waals surface area contributed by atoms with Gasteiger partial charge in [0.25, 0.3) is 0 Å². The Morgan fingerprint density at radius 2 is 1.32 bits per heavy atom. The second kappa shape index (κ2) is 11.1. The highest BCUT2D eigenvalue weighted by Gasteiger charge is 2.51. The van der Waals surface area contributed by atoms with Crippen molar-refractivity contribution in [1.82, 2.24) is 39.0 Å². The quantitative estimate of drug-likeness (QED) is 0.136. The van der Waals surface area contributed by atoms with Crippen LogP contribution in [0.3, 0.4) is 0 Å². The van der Waals surface area contributed by atoms with E-state index in [1.165, 1.54) is 34.4 Å². The largest absolute Gasteiger partial charge is 0.780 e. The summed E-state index contributed by atoms with van der Waals surface area (Å²) in [5.74, 6) is 0.187. The summed E-state index contributed by atoms with van der Waals surface area (Å²) in [5.41, 5.74) is 12.7. The first-order valence-corrected chi connectivity index (χ1v) is 17.8. The molecular weight excluding hydrogens is 666 g/mol. The van der Waals surface area contributed by atoms with E-state index in [9.17, 15) is 19.7 Å². The Morgan fingerprint density at radius 3 is 1.84 bits per heavy atom. The maximum absolute atomic E-state index is 13.4. The van der Waals surface area contributed by atoms with Gasteiger partial charge in [0.15, 0.2) is 42.2 Å². The SMILES string of the molecule is Nc1ncnc2c1ncn2[C@@H]1O[C@@H]2COP(=O)([S-])OC3[C@@H](COP([O-])(=S)OC2C1O)O[C@@H](n1cnc2c(N)ncnc21)[C@H]3O. The first-order valence-electron chi connectivity index (χ1n) is 12.7. The van der Waals surface area contributed by atoms with Crippen LogP contribution >= 0.6 is 13.5 Å². The third kappa shape index (κ3) is 5.28. The van der Waals surface area contributed by atoms with Gasteiger partial charge in [-0.15, -0.1) is 0 Å². The average molecular weight is 689 g/mol. The Kier molecular flexibility index (Phi) is 7.64. The van der Waals surface area contributed by atoms with Gasteiger partial charge in [-0.1, -0.05) is 11.8 Å². The predicted molar refractivity (Wildman–Crippen MR) is 150 cm³/mol. The van der Waals surface area contributed by atoms with Crippen LogP contribution in [0.15, 0.2) is 25.3 Å². The second-order valence-electron chi connectivity index (χ2n) is 9.90. The number of anilines is 2. The Labute approximate surface area is 256 Å². The van der Waals surface area contributed by atoms with Gasteiger partial charge in [-0.05, 0) is 0 Å². The molecule has 0 amide bonds. The van der Waals surface area contributed by atoms with Crippen LogP contribution in [0, 0.1) is 0 Å². The van der Waals surface area contributed by atoms with Crippen molar-refractivity contribution >= 4 is 71.5 Å². The van der Waals surface area contributed by atoms with Crippen LogP contribution in [-0.4, -0.2) is 99.1 Å². The third-order valence-electron chi connectivity index (χ3n) is 7.24. The molecule has 24 heteroatoms. The van der Waals surface area contributed by atoms with Gasteiger partial charge in [-0.25, -0.2) is 29.9 Å². The zero-order valence-electron chi connectivity index (χ0n) is 21.9. The van der Waals surface area contributed by atoms with Gasteiger partial charge >= 0.3 is 0 Å². The van der Waals surface area contributed by atoms with E-state index in [2.05, 4.69) is 29.9 Å². The van der Waals surface area contributed by atoms with E-state index in [4.69, 9.17) is 63.1 Å². The van der Waals surface area contributed by atoms with Crippen LogP contribution in [0.1, 0.15) is 12.5 Å². The molecule has 20 nitrogen and oxygen atoms in total. The van der Waals surface area contributed by atoms with Gasteiger partial charge in [0.1, 0.15) is 67.0 Å². The number of aliphatic hydroxyl groups is 2. The number of nitrogen functional groups attached to an aromatic ring is 2. The summed E-state index contributed by atoms with van der Waals surface area (Å²) in [7, 11) is 0. The molecule has 3 saturated heterocycles. The molecule has 4 aromatic heterocycles. The predicted octanol–water partition coefficient (Wildman–Crippen LogP) is -1.60. The Hall–Kier alpha value is -2.43. The molecule has 0 bridgehead atoms. The van der Waals surface area contributed by atoms with Crippen molar-refractivity contribution in [3.63, 3.8) is 0 Å². The van der Waals surface area contributed by atoms with Crippen LogP contribution in [-0.2, 0) is 56.2 Å². The average Bonchev–Trinajstić information content (AvgIpc) is 3.73. The number of hydrogen-bond donors (Lipinski definition) is 4. The summed E-state index contributed by atoms with van der Waals surface area (Å²) in [4.78, 5) is 37.7. The molecule has 236 valence electrons. The Bertz CT molecular complexity index is 1700. The van der Waals surface area contributed by atoms with Crippen molar-refractivity contribution in [3.05, 3.63) is 25.3 Å². The van der Waals surface area contributed by atoms with Crippen LogP contribution in [0.4, 0.5) is 11.6 Å². The standard InChI is InChI=1S/C20H24N10O10P2S2/c21-15-9-17(25-3-23-15)29(5-27-9)19-11(31)13-7(37-19)1-35-41(33,43)40-14-8(2-36-42(34,44)39-13)38-20(12(14)32)30-6-28-10-16(22)24-4-26-18(10)30/h3-8,11-14,19-20,31-32H,1-2H2,(H,33,43)(H,34,44)(H2,21,23,25)(H2,22,24,26)/p-2/t7-,8-,11+,12?,13?,14?,19-,20-,41?,42?/m1/s1. The third-order valence-corrected chi connectivity index (χ3v) is 10.3. The number of nitrogens with zero attached hydrogens (tertiary/aromatic N) is 8.